The fourth-order valence-corrected chi connectivity index (χ4v) is 5.68. The van der Waals surface area contributed by atoms with Gasteiger partial charge in [0.1, 0.15) is 24.7 Å². The van der Waals surface area contributed by atoms with Gasteiger partial charge in [0.15, 0.2) is 0 Å². The van der Waals surface area contributed by atoms with E-state index in [0.29, 0.717) is 37.5 Å². The molecule has 0 heterocycles. The molecule has 6 aromatic carbocycles. The maximum Gasteiger partial charge on any atom is 0.488 e. The lowest BCUT2D eigenvalue weighted by Crippen LogP contribution is -2.29. The minimum Gasteiger partial charge on any atom is -0.489 e. The van der Waals surface area contributed by atoms with E-state index in [1.54, 1.807) is 62.8 Å². The summed E-state index contributed by atoms with van der Waals surface area (Å²) in [7, 11) is 3.26. The van der Waals surface area contributed by atoms with Crippen LogP contribution in [0.25, 0.3) is 11.1 Å². The van der Waals surface area contributed by atoms with E-state index in [2.05, 4.69) is 39.5 Å². The molecule has 0 fully saturated rings. The van der Waals surface area contributed by atoms with Gasteiger partial charge < -0.3 is 38.8 Å². The molecule has 0 atom stereocenters. The number of benzene rings is 6. The van der Waals surface area contributed by atoms with Crippen molar-refractivity contribution in [3.63, 3.8) is 0 Å². The fourth-order valence-electron chi connectivity index (χ4n) is 5.33. The van der Waals surface area contributed by atoms with Crippen molar-refractivity contribution >= 4 is 47.1 Å². The van der Waals surface area contributed by atoms with Crippen molar-refractivity contribution in [2.45, 2.75) is 26.4 Å². The molecule has 0 spiro atoms. The van der Waals surface area contributed by atoms with Crippen LogP contribution >= 0.6 is 22.6 Å². The summed E-state index contributed by atoms with van der Waals surface area (Å²) in [6.07, 6.45) is 0. The van der Waals surface area contributed by atoms with E-state index in [4.69, 9.17) is 34.1 Å². The number of methoxy groups -OCH3 is 3. The van der Waals surface area contributed by atoms with Crippen LogP contribution in [-0.2, 0) is 40.6 Å². The van der Waals surface area contributed by atoms with Gasteiger partial charge in [0.2, 0.25) is 0 Å². The fraction of sp³-hybridized carbons (Fsp3) is 0.156. The van der Waals surface area contributed by atoms with Gasteiger partial charge in [-0.05, 0) is 128 Å². The average molecular weight is 883 g/mol. The van der Waals surface area contributed by atoms with Gasteiger partial charge in [-0.25, -0.2) is 9.59 Å². The van der Waals surface area contributed by atoms with Crippen molar-refractivity contribution in [1.82, 2.24) is 0 Å². The Balaban J connectivity index is 0.000000204. The topological polar surface area (TPSA) is 141 Å². The molecular formula is C45H44BIO10. The van der Waals surface area contributed by atoms with E-state index in [-0.39, 0.29) is 11.5 Å². The normalized spacial score (nSPS) is 10.2. The summed E-state index contributed by atoms with van der Waals surface area (Å²) in [5.41, 5.74) is 7.33. The van der Waals surface area contributed by atoms with Gasteiger partial charge >= 0.3 is 19.1 Å². The molecule has 12 heteroatoms. The second-order valence-corrected chi connectivity index (χ2v) is 13.7. The maximum absolute atomic E-state index is 11.4. The second kappa shape index (κ2) is 23.5. The highest BCUT2D eigenvalue weighted by Crippen LogP contribution is 2.24. The summed E-state index contributed by atoms with van der Waals surface area (Å²) in [6, 6.07) is 44.9. The molecule has 0 bridgehead atoms. The molecule has 0 saturated heterocycles. The number of carbonyl (C=O) groups excluding carboxylic acids is 1. The molecule has 0 aliphatic carbocycles. The Kier molecular flexibility index (Phi) is 18.3. The summed E-state index contributed by atoms with van der Waals surface area (Å²) in [4.78, 5) is 22.4. The third kappa shape index (κ3) is 15.2. The third-order valence-electron chi connectivity index (χ3n) is 8.13. The zero-order chi connectivity index (χ0) is 41.0. The predicted octanol–water partition coefficient (Wildman–Crippen LogP) is 7.95. The molecule has 6 rings (SSSR count). The molecule has 294 valence electrons. The van der Waals surface area contributed by atoms with E-state index in [9.17, 15) is 9.59 Å². The molecule has 0 amide bonds. The number of ether oxygens (including phenoxy) is 5. The first kappa shape index (κ1) is 44.2. The summed E-state index contributed by atoms with van der Waals surface area (Å²) < 4.78 is 27.4. The number of aromatic carboxylic acids is 1. The smallest absolute Gasteiger partial charge is 0.488 e. The van der Waals surface area contributed by atoms with Gasteiger partial charge in [-0.1, -0.05) is 78.9 Å². The summed E-state index contributed by atoms with van der Waals surface area (Å²) in [6.45, 7) is 1.82. The Morgan fingerprint density at radius 3 is 1.54 bits per heavy atom. The largest absolute Gasteiger partial charge is 0.489 e. The first-order valence-corrected chi connectivity index (χ1v) is 18.8. The number of rotatable bonds is 14. The second-order valence-electron chi connectivity index (χ2n) is 12.4. The number of hydrogen-bond acceptors (Lipinski definition) is 9. The molecule has 0 aliphatic rings. The van der Waals surface area contributed by atoms with E-state index in [1.807, 2.05) is 84.9 Å². The summed E-state index contributed by atoms with van der Waals surface area (Å²) in [5.74, 6) is 0.273. The lowest BCUT2D eigenvalue weighted by atomic mass is 9.80. The highest BCUT2D eigenvalue weighted by atomic mass is 127. The lowest BCUT2D eigenvalue weighted by molar-refractivity contribution is 0.0599. The quantitative estimate of drug-likeness (QED) is 0.0561. The van der Waals surface area contributed by atoms with Crippen LogP contribution in [-0.4, -0.2) is 55.5 Å². The van der Waals surface area contributed by atoms with Crippen molar-refractivity contribution in [1.29, 1.82) is 0 Å². The first-order chi connectivity index (χ1) is 27.6. The number of esters is 1. The zero-order valence-corrected chi connectivity index (χ0v) is 34.0. The number of carbonyl (C=O) groups is 2. The van der Waals surface area contributed by atoms with Crippen LogP contribution in [0.1, 0.15) is 43.0 Å². The van der Waals surface area contributed by atoms with Crippen molar-refractivity contribution in [3.8, 4) is 22.6 Å². The van der Waals surface area contributed by atoms with Gasteiger partial charge in [-0.3, -0.25) is 0 Å². The molecule has 6 aromatic rings. The van der Waals surface area contributed by atoms with Gasteiger partial charge in [-0.15, -0.1) is 0 Å². The van der Waals surface area contributed by atoms with E-state index >= 15 is 0 Å². The highest BCUT2D eigenvalue weighted by Gasteiger charge is 2.10. The molecule has 10 nitrogen and oxygen atoms in total. The van der Waals surface area contributed by atoms with Crippen molar-refractivity contribution in [3.05, 3.63) is 183 Å². The maximum atomic E-state index is 11.4. The van der Waals surface area contributed by atoms with Crippen molar-refractivity contribution in [2.24, 2.45) is 0 Å². The van der Waals surface area contributed by atoms with Crippen LogP contribution in [0.4, 0.5) is 0 Å². The summed E-state index contributed by atoms with van der Waals surface area (Å²) in [5, 5.41) is 26.7. The van der Waals surface area contributed by atoms with Crippen molar-refractivity contribution in [2.75, 3.05) is 21.3 Å². The minimum absolute atomic E-state index is 0.261. The molecule has 3 N–H and O–H groups in total. The molecule has 57 heavy (non-hydrogen) atoms. The van der Waals surface area contributed by atoms with Gasteiger partial charge in [0.25, 0.3) is 0 Å². The van der Waals surface area contributed by atoms with Gasteiger partial charge in [0.05, 0.1) is 31.5 Å². The highest BCUT2D eigenvalue weighted by molar-refractivity contribution is 14.1. The number of carboxylic acids is 1. The molecule has 0 unspecified atom stereocenters. The van der Waals surface area contributed by atoms with Crippen LogP contribution in [0, 0.1) is 3.57 Å². The number of hydrogen-bond donors (Lipinski definition) is 3. The van der Waals surface area contributed by atoms with E-state index in [1.165, 1.54) is 7.11 Å². The monoisotopic (exact) mass is 882 g/mol. The van der Waals surface area contributed by atoms with Crippen LogP contribution in [0.15, 0.2) is 146 Å². The summed E-state index contributed by atoms with van der Waals surface area (Å²) >= 11 is 2.25. The Labute approximate surface area is 346 Å². The number of carboxylic acid groups (broad SMARTS) is 1. The van der Waals surface area contributed by atoms with Crippen LogP contribution < -0.4 is 14.9 Å². The standard InChI is InChI=1S/C22H20O4.C15H13IO3.C8H11BO3/c1-25-14-16-4-2-6-19(12-16)18-8-10-21(11-9-18)26-15-17-5-3-7-20(13-17)22(23)24;1-18-15(17)12-4-2-3-11(9-12)10-19-14-7-5-13(16)6-8-14;1-12-6-7-3-2-4-8(5-7)9(10)11/h2-13H,14-15H2,1H3,(H,23,24);2-9H,10H2,1H3;2-5,10-11H,6H2,1H3. The first-order valence-electron chi connectivity index (χ1n) is 17.7. The predicted molar refractivity (Wildman–Crippen MR) is 229 cm³/mol. The molecule has 0 aliphatic heterocycles. The van der Waals surface area contributed by atoms with E-state index < -0.39 is 13.1 Å². The average Bonchev–Trinajstić information content (AvgIpc) is 3.24. The van der Waals surface area contributed by atoms with E-state index in [0.717, 1.165) is 48.4 Å². The minimum atomic E-state index is -1.40. The van der Waals surface area contributed by atoms with Crippen molar-refractivity contribution < 1.29 is 48.4 Å². The molecule has 0 saturated carbocycles. The number of halogens is 1. The Hall–Kier alpha value is -5.51. The Bertz CT molecular complexity index is 2160. The zero-order valence-electron chi connectivity index (χ0n) is 31.8. The van der Waals surface area contributed by atoms with Gasteiger partial charge in [0, 0.05) is 17.8 Å². The molecular weight excluding hydrogens is 838 g/mol. The SMILES string of the molecule is COC(=O)c1cccc(COc2ccc(I)cc2)c1.COCc1cccc(-c2ccc(OCc3cccc(C(=O)O)c3)cc2)c1.COCc1cccc(B(O)O)c1. The van der Waals surface area contributed by atoms with Gasteiger partial charge in [-0.2, -0.15) is 0 Å². The third-order valence-corrected chi connectivity index (χ3v) is 8.85. The van der Waals surface area contributed by atoms with Crippen LogP contribution in [0.5, 0.6) is 11.5 Å². The van der Waals surface area contributed by atoms with Crippen LogP contribution in [0.2, 0.25) is 0 Å². The Morgan fingerprint density at radius 1 is 0.544 bits per heavy atom. The molecule has 0 aromatic heterocycles. The lowest BCUT2D eigenvalue weighted by Gasteiger charge is -2.09. The Morgan fingerprint density at radius 2 is 1.02 bits per heavy atom. The molecule has 0 radical (unpaired) electrons. The van der Waals surface area contributed by atoms with Crippen LogP contribution in [0.3, 0.4) is 0 Å².